The van der Waals surface area contributed by atoms with Crippen LogP contribution in [0.3, 0.4) is 0 Å². The minimum Gasteiger partial charge on any atom is -0.353 e. The van der Waals surface area contributed by atoms with Gasteiger partial charge in [-0.25, -0.2) is 0 Å². The average molecular weight is 182 g/mol. The highest BCUT2D eigenvalue weighted by Gasteiger charge is 1.97. The van der Waals surface area contributed by atoms with Crippen molar-refractivity contribution in [2.75, 3.05) is 20.1 Å². The second-order valence-corrected chi connectivity index (χ2v) is 2.65. The van der Waals surface area contributed by atoms with E-state index in [4.69, 9.17) is 0 Å². The number of aromatic nitrogens is 2. The molecule has 5 heteroatoms. The molecule has 2 N–H and O–H groups in total. The molecule has 1 aromatic heterocycles. The summed E-state index contributed by atoms with van der Waals surface area (Å²) in [6, 6.07) is 1.86. The van der Waals surface area contributed by atoms with Crippen LogP contribution >= 0.6 is 0 Å². The molecule has 0 aliphatic heterocycles. The number of carbonyl (C=O) groups is 1. The van der Waals surface area contributed by atoms with Gasteiger partial charge in [0, 0.05) is 18.9 Å². The van der Waals surface area contributed by atoms with E-state index < -0.39 is 0 Å². The maximum Gasteiger partial charge on any atom is 0.234 e. The zero-order chi connectivity index (χ0) is 9.52. The van der Waals surface area contributed by atoms with Crippen LogP contribution in [-0.4, -0.2) is 35.8 Å². The van der Waals surface area contributed by atoms with Gasteiger partial charge < -0.3 is 10.6 Å². The number of carbonyl (C=O) groups excluding carboxylic acids is 1. The van der Waals surface area contributed by atoms with E-state index in [1.807, 2.05) is 12.3 Å². The zero-order valence-electron chi connectivity index (χ0n) is 7.66. The van der Waals surface area contributed by atoms with Crippen molar-refractivity contribution in [3.63, 3.8) is 0 Å². The van der Waals surface area contributed by atoms with E-state index in [1.165, 1.54) is 0 Å². The van der Waals surface area contributed by atoms with Crippen molar-refractivity contribution in [2.24, 2.45) is 0 Å². The van der Waals surface area contributed by atoms with Crippen molar-refractivity contribution in [3.8, 4) is 0 Å². The van der Waals surface area contributed by atoms with Gasteiger partial charge in [-0.1, -0.05) is 0 Å². The van der Waals surface area contributed by atoms with Crippen molar-refractivity contribution in [2.45, 2.75) is 6.54 Å². The molecule has 0 atom stereocenters. The van der Waals surface area contributed by atoms with Crippen molar-refractivity contribution < 1.29 is 4.79 Å². The first kappa shape index (κ1) is 9.73. The number of nitrogens with one attached hydrogen (secondary N) is 2. The molecule has 0 aromatic carbocycles. The van der Waals surface area contributed by atoms with Gasteiger partial charge in [0.25, 0.3) is 0 Å². The number of amides is 1. The molecule has 1 aromatic rings. The molecule has 13 heavy (non-hydrogen) atoms. The SMILES string of the molecule is CNCC(=O)NCCn1cccn1. The van der Waals surface area contributed by atoms with Gasteiger partial charge in [0.05, 0.1) is 13.1 Å². The number of likely N-dealkylation sites (N-methyl/N-ethyl adjacent to an activating group) is 1. The molecule has 0 unspecified atom stereocenters. The number of hydrogen-bond acceptors (Lipinski definition) is 3. The van der Waals surface area contributed by atoms with Gasteiger partial charge in [0.1, 0.15) is 0 Å². The Morgan fingerprint density at radius 1 is 1.62 bits per heavy atom. The highest BCUT2D eigenvalue weighted by atomic mass is 16.1. The Morgan fingerprint density at radius 2 is 2.46 bits per heavy atom. The van der Waals surface area contributed by atoms with E-state index in [0.29, 0.717) is 19.6 Å². The summed E-state index contributed by atoms with van der Waals surface area (Å²) in [4.78, 5) is 11.0. The summed E-state index contributed by atoms with van der Waals surface area (Å²) in [6.45, 7) is 1.68. The summed E-state index contributed by atoms with van der Waals surface area (Å²) >= 11 is 0. The fourth-order valence-corrected chi connectivity index (χ4v) is 0.966. The molecular weight excluding hydrogens is 168 g/mol. The van der Waals surface area contributed by atoms with Crippen molar-refractivity contribution in [3.05, 3.63) is 18.5 Å². The van der Waals surface area contributed by atoms with E-state index in [-0.39, 0.29) is 5.91 Å². The molecule has 5 nitrogen and oxygen atoms in total. The lowest BCUT2D eigenvalue weighted by molar-refractivity contribution is -0.120. The number of rotatable bonds is 5. The van der Waals surface area contributed by atoms with Crippen molar-refractivity contribution in [1.82, 2.24) is 20.4 Å². The van der Waals surface area contributed by atoms with Gasteiger partial charge in [-0.05, 0) is 13.1 Å². The second-order valence-electron chi connectivity index (χ2n) is 2.65. The Morgan fingerprint density at radius 3 is 3.08 bits per heavy atom. The van der Waals surface area contributed by atoms with Crippen LogP contribution in [0.4, 0.5) is 0 Å². The Kier molecular flexibility index (Phi) is 3.98. The van der Waals surface area contributed by atoms with Crippen LogP contribution in [0.5, 0.6) is 0 Å². The molecule has 0 radical (unpaired) electrons. The maximum atomic E-state index is 11.0. The Hall–Kier alpha value is -1.36. The average Bonchev–Trinajstić information content (AvgIpc) is 2.57. The lowest BCUT2D eigenvalue weighted by atomic mass is 10.5. The quantitative estimate of drug-likeness (QED) is 0.628. The Labute approximate surface area is 77.1 Å². The topological polar surface area (TPSA) is 59.0 Å². The molecule has 0 aliphatic rings. The first-order valence-corrected chi connectivity index (χ1v) is 4.21. The molecule has 0 bridgehead atoms. The highest BCUT2D eigenvalue weighted by Crippen LogP contribution is 1.81. The van der Waals surface area contributed by atoms with Crippen LogP contribution in [0.15, 0.2) is 18.5 Å². The van der Waals surface area contributed by atoms with Gasteiger partial charge in [-0.15, -0.1) is 0 Å². The molecule has 0 saturated carbocycles. The molecule has 0 saturated heterocycles. The lowest BCUT2D eigenvalue weighted by Gasteiger charge is -2.04. The minimum absolute atomic E-state index is 0.00894. The predicted molar refractivity (Wildman–Crippen MR) is 49.2 cm³/mol. The molecule has 72 valence electrons. The maximum absolute atomic E-state index is 11.0. The van der Waals surface area contributed by atoms with Crippen LogP contribution in [0, 0.1) is 0 Å². The van der Waals surface area contributed by atoms with Gasteiger partial charge in [-0.2, -0.15) is 5.10 Å². The van der Waals surface area contributed by atoms with Gasteiger partial charge in [0.15, 0.2) is 0 Å². The molecular formula is C8H14N4O. The Bertz CT molecular complexity index is 245. The third-order valence-corrected chi connectivity index (χ3v) is 1.56. The monoisotopic (exact) mass is 182 g/mol. The summed E-state index contributed by atoms with van der Waals surface area (Å²) < 4.78 is 1.78. The smallest absolute Gasteiger partial charge is 0.234 e. The van der Waals surface area contributed by atoms with E-state index in [1.54, 1.807) is 17.9 Å². The summed E-state index contributed by atoms with van der Waals surface area (Å²) in [6.07, 6.45) is 3.58. The van der Waals surface area contributed by atoms with Crippen LogP contribution in [0.1, 0.15) is 0 Å². The summed E-state index contributed by atoms with van der Waals surface area (Å²) in [7, 11) is 1.74. The number of hydrogen-bond donors (Lipinski definition) is 2. The summed E-state index contributed by atoms with van der Waals surface area (Å²) in [5.41, 5.74) is 0. The van der Waals surface area contributed by atoms with E-state index in [0.717, 1.165) is 0 Å². The molecule has 1 amide bonds. The number of nitrogens with zero attached hydrogens (tertiary/aromatic N) is 2. The van der Waals surface area contributed by atoms with Crippen LogP contribution < -0.4 is 10.6 Å². The minimum atomic E-state index is 0.00894. The molecule has 1 rings (SSSR count). The molecule has 0 spiro atoms. The molecule has 1 heterocycles. The summed E-state index contributed by atoms with van der Waals surface area (Å²) in [5.74, 6) is 0.00894. The van der Waals surface area contributed by atoms with Gasteiger partial charge >= 0.3 is 0 Å². The van der Waals surface area contributed by atoms with Gasteiger partial charge in [-0.3, -0.25) is 9.48 Å². The third kappa shape index (κ3) is 3.71. The van der Waals surface area contributed by atoms with Crippen molar-refractivity contribution in [1.29, 1.82) is 0 Å². The van der Waals surface area contributed by atoms with Crippen LogP contribution in [-0.2, 0) is 11.3 Å². The largest absolute Gasteiger partial charge is 0.353 e. The van der Waals surface area contributed by atoms with E-state index >= 15 is 0 Å². The van der Waals surface area contributed by atoms with Crippen LogP contribution in [0.25, 0.3) is 0 Å². The predicted octanol–water partition coefficient (Wildman–Crippen LogP) is -0.781. The zero-order valence-corrected chi connectivity index (χ0v) is 7.66. The fraction of sp³-hybridized carbons (Fsp3) is 0.500. The van der Waals surface area contributed by atoms with Gasteiger partial charge in [0.2, 0.25) is 5.91 Å². The Balaban J connectivity index is 2.11. The standard InChI is InChI=1S/C8H14N4O/c1-9-7-8(13)10-4-6-12-5-2-3-11-12/h2-3,5,9H,4,6-7H2,1H3,(H,10,13). The van der Waals surface area contributed by atoms with Crippen molar-refractivity contribution >= 4 is 5.91 Å². The van der Waals surface area contributed by atoms with E-state index in [9.17, 15) is 4.79 Å². The first-order valence-electron chi connectivity index (χ1n) is 4.21. The fourth-order valence-electron chi connectivity index (χ4n) is 0.966. The normalized spacial score (nSPS) is 9.92. The second kappa shape index (κ2) is 5.31. The first-order chi connectivity index (χ1) is 6.33. The summed E-state index contributed by atoms with van der Waals surface area (Å²) in [5, 5.41) is 9.55. The van der Waals surface area contributed by atoms with E-state index in [2.05, 4.69) is 15.7 Å². The molecule has 0 aliphatic carbocycles. The molecule has 0 fully saturated rings. The lowest BCUT2D eigenvalue weighted by Crippen LogP contribution is -2.34. The van der Waals surface area contributed by atoms with Crippen LogP contribution in [0.2, 0.25) is 0 Å². The third-order valence-electron chi connectivity index (χ3n) is 1.56. The highest BCUT2D eigenvalue weighted by molar-refractivity contribution is 5.77.